The summed E-state index contributed by atoms with van der Waals surface area (Å²) in [6.07, 6.45) is 27.3. The van der Waals surface area contributed by atoms with E-state index in [2.05, 4.69) is 75.3 Å². The van der Waals surface area contributed by atoms with E-state index in [0.29, 0.717) is 12.1 Å². The molecule has 1 aromatic carbocycles. The predicted octanol–water partition coefficient (Wildman–Crippen LogP) is 9.67. The third-order valence-corrected chi connectivity index (χ3v) is 6.85. The van der Waals surface area contributed by atoms with E-state index in [1.165, 1.54) is 38.2 Å². The number of amides is 1. The monoisotopic (exact) mass is 616 g/mol. The lowest BCUT2D eigenvalue weighted by molar-refractivity contribution is -0.106. The molecule has 0 spiro atoms. The van der Waals surface area contributed by atoms with Gasteiger partial charge in [0.1, 0.15) is 23.6 Å². The molecule has 1 N–H and O–H groups in total. The smallest absolute Gasteiger partial charge is 0.251 e. The van der Waals surface area contributed by atoms with Crippen LogP contribution in [0.25, 0.3) is 0 Å². The van der Waals surface area contributed by atoms with Gasteiger partial charge in [-0.2, -0.15) is 0 Å². The zero-order valence-corrected chi connectivity index (χ0v) is 28.7. The highest BCUT2D eigenvalue weighted by molar-refractivity contribution is 5.96. The number of aliphatic imine (C=N–C) groups is 1. The third kappa shape index (κ3) is 17.8. The summed E-state index contributed by atoms with van der Waals surface area (Å²) in [7, 11) is 0. The molecule has 1 unspecified atom stereocenters. The molecular formula is C39H56N2O4. The molecule has 1 aliphatic heterocycles. The largest absolute Gasteiger partial charge is 0.494 e. The Balaban J connectivity index is 0.000000440. The van der Waals surface area contributed by atoms with E-state index in [0.717, 1.165) is 61.1 Å². The lowest BCUT2D eigenvalue weighted by Crippen LogP contribution is -2.36. The molecule has 0 saturated heterocycles. The average molecular weight is 617 g/mol. The lowest BCUT2D eigenvalue weighted by Gasteiger charge is -2.16. The Hall–Kier alpha value is -3.93. The van der Waals surface area contributed by atoms with Crippen LogP contribution in [0.2, 0.25) is 0 Å². The van der Waals surface area contributed by atoms with Crippen molar-refractivity contribution in [1.82, 2.24) is 5.32 Å². The van der Waals surface area contributed by atoms with Crippen molar-refractivity contribution in [2.24, 2.45) is 10.9 Å². The van der Waals surface area contributed by atoms with E-state index in [4.69, 9.17) is 14.3 Å². The highest BCUT2D eigenvalue weighted by atomic mass is 16.5. The molecule has 0 saturated carbocycles. The number of ether oxygens (including phenoxy) is 2. The van der Waals surface area contributed by atoms with Gasteiger partial charge in [-0.25, -0.2) is 0 Å². The second kappa shape index (κ2) is 24.4. The van der Waals surface area contributed by atoms with Crippen LogP contribution in [0, 0.1) is 5.92 Å². The highest BCUT2D eigenvalue weighted by Gasteiger charge is 2.13. The van der Waals surface area contributed by atoms with Gasteiger partial charge in [-0.15, -0.1) is 0 Å². The number of allylic oxidation sites excluding steroid dienone is 9. The molecule has 0 fully saturated rings. The average Bonchev–Trinajstić information content (AvgIpc) is 3.25. The summed E-state index contributed by atoms with van der Waals surface area (Å²) in [5.41, 5.74) is 2.91. The summed E-state index contributed by atoms with van der Waals surface area (Å²) < 4.78 is 11.8. The minimum Gasteiger partial charge on any atom is -0.494 e. The van der Waals surface area contributed by atoms with Gasteiger partial charge in [0.25, 0.3) is 5.91 Å². The van der Waals surface area contributed by atoms with Crippen LogP contribution in [-0.4, -0.2) is 37.1 Å². The summed E-state index contributed by atoms with van der Waals surface area (Å²) >= 11 is 0. The first kappa shape index (κ1) is 39.1. The topological polar surface area (TPSA) is 77.0 Å². The predicted molar refractivity (Wildman–Crippen MR) is 190 cm³/mol. The first-order valence-corrected chi connectivity index (χ1v) is 16.5. The molecule has 45 heavy (non-hydrogen) atoms. The standard InChI is InChI=1S/C21H26N2O2.C16H26O.C2H4O/c1-4-6-8-19(7-5-2)25-20-13-10-17(11-14-20)21(24)23-18-12-9-16(3)22-15-18;1-4-7-15(8-5-2)13-17-16-10-6-9-14(3)11-12-16;1-2-3/h6-14,18H,4-5,15H2,1-3H3,(H,23,24);9-12,15H,4-8,13H2,1-3H3;2H,1H3/b8-6-,19-7+;;. The molecule has 1 aliphatic carbocycles. The van der Waals surface area contributed by atoms with Gasteiger partial charge >= 0.3 is 0 Å². The number of nitrogens with one attached hydrogen (secondary N) is 1. The van der Waals surface area contributed by atoms with Gasteiger partial charge in [0.05, 0.1) is 19.2 Å². The summed E-state index contributed by atoms with van der Waals surface area (Å²) in [5.74, 6) is 3.19. The van der Waals surface area contributed by atoms with Crippen LogP contribution in [0.15, 0.2) is 101 Å². The number of nitrogens with zero attached hydrogens (tertiary/aromatic N) is 1. The Morgan fingerprint density at radius 2 is 1.69 bits per heavy atom. The van der Waals surface area contributed by atoms with Crippen molar-refractivity contribution in [1.29, 1.82) is 0 Å². The first-order valence-electron chi connectivity index (χ1n) is 16.5. The molecule has 0 bridgehead atoms. The molecule has 246 valence electrons. The van der Waals surface area contributed by atoms with E-state index in [-0.39, 0.29) is 11.9 Å². The number of benzene rings is 1. The van der Waals surface area contributed by atoms with Crippen LogP contribution >= 0.6 is 0 Å². The zero-order valence-electron chi connectivity index (χ0n) is 28.7. The molecule has 3 rings (SSSR count). The lowest BCUT2D eigenvalue weighted by atomic mass is 9.99. The molecule has 1 heterocycles. The highest BCUT2D eigenvalue weighted by Crippen LogP contribution is 2.18. The molecule has 1 amide bonds. The van der Waals surface area contributed by atoms with E-state index in [1.807, 2.05) is 43.4 Å². The number of carbonyl (C=O) groups excluding carboxylic acids is 2. The minimum absolute atomic E-state index is 0.0506. The maximum atomic E-state index is 12.3. The molecule has 0 aromatic heterocycles. The molecule has 1 aromatic rings. The van der Waals surface area contributed by atoms with Crippen LogP contribution in [0.1, 0.15) is 104 Å². The fraction of sp³-hybridized carbons (Fsp3) is 0.462. The number of rotatable bonds is 14. The quantitative estimate of drug-likeness (QED) is 0.128. The number of aldehydes is 1. The summed E-state index contributed by atoms with van der Waals surface area (Å²) in [5, 5.41) is 2.97. The maximum Gasteiger partial charge on any atom is 0.251 e. The SMILES string of the molecule is CC/C=C\C(=C/CC)Oc1ccc(C(=O)NC2C=CC(C)=NC2)cc1.CC=O.CCCC(CCC)COC1=CCC=C(C)C=C1. The summed E-state index contributed by atoms with van der Waals surface area (Å²) in [4.78, 5) is 25.4. The van der Waals surface area contributed by atoms with Gasteiger partial charge < -0.3 is 19.6 Å². The van der Waals surface area contributed by atoms with E-state index in [1.54, 1.807) is 12.1 Å². The van der Waals surface area contributed by atoms with E-state index < -0.39 is 0 Å². The Morgan fingerprint density at radius 3 is 2.27 bits per heavy atom. The molecule has 0 radical (unpaired) electrons. The number of carbonyl (C=O) groups is 2. The second-order valence-electron chi connectivity index (χ2n) is 11.0. The molecule has 2 aliphatic rings. The molecular weight excluding hydrogens is 560 g/mol. The number of hydrogen-bond donors (Lipinski definition) is 1. The second-order valence-corrected chi connectivity index (χ2v) is 11.0. The van der Waals surface area contributed by atoms with Gasteiger partial charge in [-0.1, -0.05) is 70.4 Å². The van der Waals surface area contributed by atoms with Crippen LogP contribution in [0.3, 0.4) is 0 Å². The van der Waals surface area contributed by atoms with Crippen LogP contribution in [0.5, 0.6) is 5.75 Å². The van der Waals surface area contributed by atoms with E-state index >= 15 is 0 Å². The van der Waals surface area contributed by atoms with Crippen molar-refractivity contribution in [3.05, 3.63) is 102 Å². The Bertz CT molecular complexity index is 1210. The van der Waals surface area contributed by atoms with Crippen molar-refractivity contribution >= 4 is 17.9 Å². The van der Waals surface area contributed by atoms with Gasteiger partial charge in [-0.3, -0.25) is 9.79 Å². The Morgan fingerprint density at radius 1 is 1.00 bits per heavy atom. The van der Waals surface area contributed by atoms with Crippen molar-refractivity contribution in [3.8, 4) is 5.75 Å². The summed E-state index contributed by atoms with van der Waals surface area (Å²) in [6, 6.07) is 7.14. The Labute approximate surface area is 272 Å². The van der Waals surface area contributed by atoms with E-state index in [9.17, 15) is 4.79 Å². The Kier molecular flexibility index (Phi) is 21.2. The third-order valence-electron chi connectivity index (χ3n) is 6.85. The van der Waals surface area contributed by atoms with Gasteiger partial charge in [0, 0.05) is 11.3 Å². The number of dihydropyridines is 1. The normalized spacial score (nSPS) is 15.9. The van der Waals surface area contributed by atoms with Gasteiger partial charge in [0.2, 0.25) is 0 Å². The van der Waals surface area contributed by atoms with Crippen LogP contribution in [-0.2, 0) is 9.53 Å². The van der Waals surface area contributed by atoms with Crippen molar-refractivity contribution in [2.75, 3.05) is 13.2 Å². The fourth-order valence-corrected chi connectivity index (χ4v) is 4.51. The zero-order chi connectivity index (χ0) is 33.3. The van der Waals surface area contributed by atoms with Crippen molar-refractivity contribution < 1.29 is 19.1 Å². The molecule has 6 heteroatoms. The van der Waals surface area contributed by atoms with Crippen LogP contribution in [0.4, 0.5) is 0 Å². The van der Waals surface area contributed by atoms with Crippen LogP contribution < -0.4 is 10.1 Å². The van der Waals surface area contributed by atoms with Gasteiger partial charge in [-0.05, 0) is 113 Å². The minimum atomic E-state index is -0.105. The maximum absolute atomic E-state index is 12.3. The summed E-state index contributed by atoms with van der Waals surface area (Å²) in [6.45, 7) is 15.6. The van der Waals surface area contributed by atoms with Gasteiger partial charge in [0.15, 0.2) is 0 Å². The van der Waals surface area contributed by atoms with Crippen molar-refractivity contribution in [2.45, 2.75) is 99.5 Å². The molecule has 6 nitrogen and oxygen atoms in total. The first-order chi connectivity index (χ1) is 21.8. The fourth-order valence-electron chi connectivity index (χ4n) is 4.51. The number of hydrogen-bond acceptors (Lipinski definition) is 5. The molecule has 1 atom stereocenters. The van der Waals surface area contributed by atoms with Crippen molar-refractivity contribution in [3.63, 3.8) is 0 Å².